The maximum absolute atomic E-state index is 14.7. The molecule has 1 aromatic heterocycles. The zero-order valence-corrected chi connectivity index (χ0v) is 42.2. The Labute approximate surface area is 426 Å². The van der Waals surface area contributed by atoms with Crippen molar-refractivity contribution >= 4 is 59.6 Å². The number of amides is 6. The molecule has 0 spiro atoms. The summed E-state index contributed by atoms with van der Waals surface area (Å²) in [5.74, 6) is -5.95. The quantitative estimate of drug-likeness (QED) is 0.0268. The molecule has 1 heterocycles. The Bertz CT molecular complexity index is 2710. The van der Waals surface area contributed by atoms with Gasteiger partial charge >= 0.3 is 7.12 Å². The fourth-order valence-corrected chi connectivity index (χ4v) is 7.81. The summed E-state index contributed by atoms with van der Waals surface area (Å²) in [7, 11) is -1.87. The number of carbonyl (C=O) groups excluding carboxylic acids is 6. The number of rotatable bonds is 25. The van der Waals surface area contributed by atoms with Crippen molar-refractivity contribution < 1.29 is 53.6 Å². The van der Waals surface area contributed by atoms with E-state index in [1.165, 1.54) is 35.0 Å². The highest BCUT2D eigenvalue weighted by atomic mass is 16.6. The van der Waals surface area contributed by atoms with Gasteiger partial charge in [0.25, 0.3) is 17.1 Å². The van der Waals surface area contributed by atoms with E-state index in [1.807, 2.05) is 13.8 Å². The number of imidazole rings is 1. The predicted octanol–water partition coefficient (Wildman–Crippen LogP) is 2.38. The number of hydrogen-bond donors (Lipinski definition) is 8. The number of non-ortho nitro benzene ring substituents is 2. The molecule has 4 rings (SSSR count). The molecule has 26 heteroatoms. The first-order valence-corrected chi connectivity index (χ1v) is 23.6. The van der Waals surface area contributed by atoms with Gasteiger partial charge in [0.15, 0.2) is 0 Å². The van der Waals surface area contributed by atoms with Gasteiger partial charge in [-0.1, -0.05) is 77.9 Å². The Kier molecular flexibility index (Phi) is 20.5. The second kappa shape index (κ2) is 26.0. The van der Waals surface area contributed by atoms with Crippen LogP contribution < -0.4 is 31.9 Å². The first kappa shape index (κ1) is 58.4. The molecule has 0 aliphatic carbocycles. The topological polar surface area (TPSA) is 362 Å². The average Bonchev–Trinajstić information content (AvgIpc) is 3.79. The van der Waals surface area contributed by atoms with Gasteiger partial charge in [-0.15, -0.1) is 0 Å². The zero-order chi connectivity index (χ0) is 55.2. The van der Waals surface area contributed by atoms with Crippen molar-refractivity contribution in [2.24, 2.45) is 11.3 Å². The van der Waals surface area contributed by atoms with Crippen LogP contribution >= 0.6 is 0 Å². The maximum atomic E-state index is 14.7. The van der Waals surface area contributed by atoms with E-state index in [0.717, 1.165) is 37.0 Å². The third-order valence-electron chi connectivity index (χ3n) is 11.8. The van der Waals surface area contributed by atoms with Crippen LogP contribution in [0.25, 0.3) is 5.69 Å². The minimum Gasteiger partial charge on any atom is -0.426 e. The zero-order valence-electron chi connectivity index (χ0n) is 42.2. The molecule has 8 N–H and O–H groups in total. The normalized spacial score (nSPS) is 13.7. The predicted molar refractivity (Wildman–Crippen MR) is 269 cm³/mol. The second-order valence-electron chi connectivity index (χ2n) is 19.2. The average molecular weight is 1030 g/mol. The Hall–Kier alpha value is -8.13. The number of nitro benzene ring substituents is 3. The van der Waals surface area contributed by atoms with E-state index in [0.29, 0.717) is 11.1 Å². The van der Waals surface area contributed by atoms with Gasteiger partial charge in [-0.2, -0.15) is 0 Å². The highest BCUT2D eigenvalue weighted by Crippen LogP contribution is 2.28. The first-order valence-electron chi connectivity index (χ1n) is 23.6. The van der Waals surface area contributed by atoms with Crippen LogP contribution in [0, 0.1) is 48.6 Å². The summed E-state index contributed by atoms with van der Waals surface area (Å²) in [6.07, 6.45) is 2.00. The summed E-state index contributed by atoms with van der Waals surface area (Å²) in [6, 6.07) is 8.17. The lowest BCUT2D eigenvalue weighted by molar-refractivity contribution is -0.394. The molecule has 0 bridgehead atoms. The molecule has 0 fully saturated rings. The molecule has 6 amide bonds. The van der Waals surface area contributed by atoms with Gasteiger partial charge < -0.3 is 41.9 Å². The SMILES string of the molecule is CCC(NC(=O)[C@H](CC(C)C)NC(=O)[C@@H](NC(=O)[C@H](Cc1ccccc1C)NC(=O)[C@@H](Cc1ccc([N+](=O)[O-])cc1)NC(=O)[C@H](Cc1cn(-c2ccc([N+](=O)[O-])cc2[N+](=O)[O-])cn1)NC(C)=O)C(C)(C)C)B(O)O. The number of aryl methyl sites for hydroxylation is 1. The minimum atomic E-state index is -1.87. The lowest BCUT2D eigenvalue weighted by Crippen LogP contribution is -2.62. The molecule has 0 saturated carbocycles. The molecule has 0 aliphatic heterocycles. The number of nitrogens with one attached hydrogen (secondary N) is 6. The molecule has 0 radical (unpaired) electrons. The second-order valence-corrected chi connectivity index (χ2v) is 19.2. The number of hydrogen-bond acceptors (Lipinski definition) is 15. The van der Waals surface area contributed by atoms with Gasteiger partial charge in [0.1, 0.15) is 35.9 Å². The van der Waals surface area contributed by atoms with Crippen LogP contribution in [0.5, 0.6) is 0 Å². The third kappa shape index (κ3) is 16.7. The van der Waals surface area contributed by atoms with E-state index in [1.54, 1.807) is 58.9 Å². The van der Waals surface area contributed by atoms with E-state index in [2.05, 4.69) is 36.9 Å². The smallest absolute Gasteiger partial charge is 0.426 e. The standard InChI is InChI=1S/C48H62BN11O14/c1-9-41(49(67)68)55-45(64)35(20-27(2)3)54-47(66)42(48(6,7)8)56-46(65)37(22-31-13-11-10-12-28(31)4)53-43(62)36(21-30-14-16-33(17-15-30)58(69)70)52-44(63)38(51-29(5)61)23-32-25-57(26-50-32)39-19-18-34(59(71)72)24-40(39)60(73)74/h10-19,24-27,35-38,41-42,67-68H,9,20-23H2,1-8H3,(H,51,61)(H,52,63)(H,53,62)(H,54,66)(H,55,64)(H,56,65)/t35-,36+,37-,38-,41?,42+/m0/s1. The number of carbonyl (C=O) groups is 6. The highest BCUT2D eigenvalue weighted by molar-refractivity contribution is 6.43. The lowest BCUT2D eigenvalue weighted by Gasteiger charge is -2.34. The van der Waals surface area contributed by atoms with Crippen molar-refractivity contribution in [2.45, 2.75) is 124 Å². The largest absolute Gasteiger partial charge is 0.475 e. The maximum Gasteiger partial charge on any atom is 0.475 e. The molecule has 3 aromatic carbocycles. The first-order chi connectivity index (χ1) is 34.7. The molecular weight excluding hydrogens is 965 g/mol. The van der Waals surface area contributed by atoms with Crippen LogP contribution in [0.1, 0.15) is 83.7 Å². The van der Waals surface area contributed by atoms with Gasteiger partial charge in [0.05, 0.1) is 38.8 Å². The van der Waals surface area contributed by atoms with E-state index in [9.17, 15) is 69.2 Å². The Morgan fingerprint density at radius 1 is 0.689 bits per heavy atom. The summed E-state index contributed by atoms with van der Waals surface area (Å²) in [5, 5.41) is 70.2. The molecule has 0 aliphatic rings. The fourth-order valence-electron chi connectivity index (χ4n) is 7.81. The van der Waals surface area contributed by atoms with Crippen molar-refractivity contribution in [1.82, 2.24) is 41.5 Å². The fraction of sp³-hybridized carbons (Fsp3) is 0.438. The van der Waals surface area contributed by atoms with Crippen LogP contribution in [0.15, 0.2) is 79.3 Å². The number of nitrogens with zero attached hydrogens (tertiary/aromatic N) is 5. The van der Waals surface area contributed by atoms with E-state index in [4.69, 9.17) is 0 Å². The molecule has 74 heavy (non-hydrogen) atoms. The Morgan fingerprint density at radius 2 is 1.23 bits per heavy atom. The highest BCUT2D eigenvalue weighted by Gasteiger charge is 2.39. The number of benzene rings is 3. The van der Waals surface area contributed by atoms with Crippen molar-refractivity contribution in [1.29, 1.82) is 0 Å². The van der Waals surface area contributed by atoms with Crippen LogP contribution in [-0.2, 0) is 48.0 Å². The molecule has 1 unspecified atom stereocenters. The lowest BCUT2D eigenvalue weighted by atomic mass is 9.77. The summed E-state index contributed by atoms with van der Waals surface area (Å²) >= 11 is 0. The molecule has 0 saturated heterocycles. The summed E-state index contributed by atoms with van der Waals surface area (Å²) in [6.45, 7) is 13.2. The van der Waals surface area contributed by atoms with Crippen molar-refractivity contribution in [3.8, 4) is 5.69 Å². The van der Waals surface area contributed by atoms with E-state index >= 15 is 0 Å². The Morgan fingerprint density at radius 3 is 1.76 bits per heavy atom. The number of aromatic nitrogens is 2. The molecule has 396 valence electrons. The molecule has 4 aromatic rings. The van der Waals surface area contributed by atoms with Gasteiger partial charge in [-0.25, -0.2) is 4.98 Å². The minimum absolute atomic E-state index is 0.0953. The van der Waals surface area contributed by atoms with E-state index < -0.39 is 110 Å². The van der Waals surface area contributed by atoms with E-state index in [-0.39, 0.29) is 55.1 Å². The van der Waals surface area contributed by atoms with Crippen LogP contribution in [0.3, 0.4) is 0 Å². The molecule has 25 nitrogen and oxygen atoms in total. The molecule has 6 atom stereocenters. The van der Waals surface area contributed by atoms with Crippen molar-refractivity contribution in [2.75, 3.05) is 0 Å². The van der Waals surface area contributed by atoms with Crippen LogP contribution in [0.2, 0.25) is 0 Å². The van der Waals surface area contributed by atoms with Gasteiger partial charge in [-0.05, 0) is 53.9 Å². The summed E-state index contributed by atoms with van der Waals surface area (Å²) in [5.41, 5.74) is -0.715. The van der Waals surface area contributed by atoms with Gasteiger partial charge in [0.2, 0.25) is 35.4 Å². The molecular formula is C48H62BN11O14. The van der Waals surface area contributed by atoms with Gasteiger partial charge in [0, 0.05) is 50.6 Å². The third-order valence-corrected chi connectivity index (χ3v) is 11.8. The number of nitro groups is 3. The van der Waals surface area contributed by atoms with Gasteiger partial charge in [-0.3, -0.25) is 63.7 Å². The van der Waals surface area contributed by atoms with Crippen molar-refractivity contribution in [3.05, 3.63) is 132 Å². The summed E-state index contributed by atoms with van der Waals surface area (Å²) < 4.78 is 1.20. The van der Waals surface area contributed by atoms with Crippen molar-refractivity contribution in [3.63, 3.8) is 0 Å². The summed E-state index contributed by atoms with van der Waals surface area (Å²) in [4.78, 5) is 121. The van der Waals surface area contributed by atoms with Crippen LogP contribution in [-0.4, -0.2) is 113 Å². The monoisotopic (exact) mass is 1030 g/mol. The van der Waals surface area contributed by atoms with Crippen LogP contribution in [0.4, 0.5) is 17.1 Å². The Balaban J connectivity index is 1.71.